The molecule has 0 aliphatic rings. The average molecular weight is 251 g/mol. The lowest BCUT2D eigenvalue weighted by molar-refractivity contribution is -0.145. The molecule has 0 spiro atoms. The molecule has 0 saturated carbocycles. The van der Waals surface area contributed by atoms with Crippen molar-refractivity contribution in [2.75, 3.05) is 13.2 Å². The fraction of sp³-hybridized carbons (Fsp3) is 0.538. The molecule has 1 rings (SSSR count). The summed E-state index contributed by atoms with van der Waals surface area (Å²) in [5.74, 6) is -0.289. The van der Waals surface area contributed by atoms with Crippen molar-refractivity contribution in [1.29, 1.82) is 0 Å². The molecule has 5 heteroatoms. The van der Waals surface area contributed by atoms with Crippen molar-refractivity contribution in [2.45, 2.75) is 32.9 Å². The van der Waals surface area contributed by atoms with Crippen molar-refractivity contribution < 1.29 is 9.53 Å². The van der Waals surface area contributed by atoms with Gasteiger partial charge in [0.05, 0.1) is 12.8 Å². The summed E-state index contributed by atoms with van der Waals surface area (Å²) in [6.07, 6.45) is 5.26. The number of nitrogens with one attached hydrogen (secondary N) is 1. The van der Waals surface area contributed by atoms with E-state index in [1.165, 1.54) is 0 Å². The molecule has 1 atom stereocenters. The Bertz CT molecular complexity index is 399. The summed E-state index contributed by atoms with van der Waals surface area (Å²) in [5.41, 5.74) is 0.809. The van der Waals surface area contributed by atoms with Crippen molar-refractivity contribution in [3.63, 3.8) is 0 Å². The molecule has 0 aromatic carbocycles. The Kier molecular flexibility index (Phi) is 5.58. The monoisotopic (exact) mass is 251 g/mol. The van der Waals surface area contributed by atoms with Gasteiger partial charge in [-0.15, -0.1) is 6.58 Å². The van der Waals surface area contributed by atoms with Crippen LogP contribution in [0, 0.1) is 0 Å². The number of carbonyl (C=O) groups excluding carboxylic acids is 1. The summed E-state index contributed by atoms with van der Waals surface area (Å²) < 4.78 is 6.87. The molecule has 1 N–H and O–H groups in total. The molecule has 5 nitrogen and oxygen atoms in total. The summed E-state index contributed by atoms with van der Waals surface area (Å²) in [5, 5.41) is 7.31. The molecule has 1 heterocycles. The molecule has 0 saturated heterocycles. The highest BCUT2D eigenvalue weighted by atomic mass is 16.5. The van der Waals surface area contributed by atoms with Crippen molar-refractivity contribution in [1.82, 2.24) is 15.1 Å². The SMILES string of the molecule is C=CCNC(C(=O)OCC)c1cnn(C(C)C)c1. The first kappa shape index (κ1) is 14.4. The Hall–Kier alpha value is -1.62. The van der Waals surface area contributed by atoms with Crippen LogP contribution in [-0.2, 0) is 9.53 Å². The van der Waals surface area contributed by atoms with Crippen LogP contribution in [0.5, 0.6) is 0 Å². The number of rotatable bonds is 7. The van der Waals surface area contributed by atoms with Crippen LogP contribution >= 0.6 is 0 Å². The van der Waals surface area contributed by atoms with E-state index in [1.807, 2.05) is 24.7 Å². The van der Waals surface area contributed by atoms with Crippen molar-refractivity contribution in [3.05, 3.63) is 30.6 Å². The molecule has 1 aromatic rings. The summed E-state index contributed by atoms with van der Waals surface area (Å²) in [4.78, 5) is 11.9. The van der Waals surface area contributed by atoms with Gasteiger partial charge in [-0.3, -0.25) is 10.00 Å². The van der Waals surface area contributed by atoms with Gasteiger partial charge in [0, 0.05) is 24.3 Å². The van der Waals surface area contributed by atoms with Gasteiger partial charge in [-0.25, -0.2) is 4.79 Å². The van der Waals surface area contributed by atoms with E-state index in [0.717, 1.165) is 5.56 Å². The van der Waals surface area contributed by atoms with Gasteiger partial charge in [0.2, 0.25) is 0 Å². The Morgan fingerprint density at radius 3 is 2.89 bits per heavy atom. The third-order valence-corrected chi connectivity index (χ3v) is 2.47. The van der Waals surface area contributed by atoms with Crippen LogP contribution in [-0.4, -0.2) is 28.9 Å². The molecule has 0 radical (unpaired) electrons. The van der Waals surface area contributed by atoms with E-state index in [-0.39, 0.29) is 12.0 Å². The Morgan fingerprint density at radius 2 is 2.39 bits per heavy atom. The van der Waals surface area contributed by atoms with Crippen molar-refractivity contribution in [2.24, 2.45) is 0 Å². The highest BCUT2D eigenvalue weighted by Crippen LogP contribution is 2.16. The summed E-state index contributed by atoms with van der Waals surface area (Å²) in [7, 11) is 0. The van der Waals surface area contributed by atoms with Gasteiger partial charge in [0.15, 0.2) is 0 Å². The van der Waals surface area contributed by atoms with E-state index in [4.69, 9.17) is 4.74 Å². The lowest BCUT2D eigenvalue weighted by Crippen LogP contribution is -2.30. The zero-order chi connectivity index (χ0) is 13.5. The normalized spacial score (nSPS) is 12.4. The molecule has 18 heavy (non-hydrogen) atoms. The van der Waals surface area contributed by atoms with Crippen LogP contribution in [0.2, 0.25) is 0 Å². The molecule has 1 unspecified atom stereocenters. The Morgan fingerprint density at radius 1 is 1.67 bits per heavy atom. The third-order valence-electron chi connectivity index (χ3n) is 2.47. The maximum Gasteiger partial charge on any atom is 0.327 e. The van der Waals surface area contributed by atoms with E-state index in [0.29, 0.717) is 13.2 Å². The van der Waals surface area contributed by atoms with E-state index in [1.54, 1.807) is 19.2 Å². The lowest BCUT2D eigenvalue weighted by atomic mass is 10.1. The topological polar surface area (TPSA) is 56.1 Å². The molecule has 0 bridgehead atoms. The largest absolute Gasteiger partial charge is 0.465 e. The molecular formula is C13H21N3O2. The highest BCUT2D eigenvalue weighted by molar-refractivity contribution is 5.77. The number of carbonyl (C=O) groups is 1. The van der Waals surface area contributed by atoms with Gasteiger partial charge in [-0.05, 0) is 20.8 Å². The summed E-state index contributed by atoms with van der Waals surface area (Å²) >= 11 is 0. The summed E-state index contributed by atoms with van der Waals surface area (Å²) in [6, 6.07) is -0.226. The summed E-state index contributed by atoms with van der Waals surface area (Å²) in [6.45, 7) is 10.4. The number of ether oxygens (including phenoxy) is 1. The fourth-order valence-electron chi connectivity index (χ4n) is 1.55. The molecule has 100 valence electrons. The van der Waals surface area contributed by atoms with Crippen molar-refractivity contribution in [3.8, 4) is 0 Å². The van der Waals surface area contributed by atoms with Gasteiger partial charge < -0.3 is 4.74 Å². The highest BCUT2D eigenvalue weighted by Gasteiger charge is 2.22. The number of nitrogens with zero attached hydrogens (tertiary/aromatic N) is 2. The Labute approximate surface area is 108 Å². The second-order valence-corrected chi connectivity index (χ2v) is 4.23. The quantitative estimate of drug-likeness (QED) is 0.593. The minimum absolute atomic E-state index is 0.265. The van der Waals surface area contributed by atoms with Crippen LogP contribution in [0.4, 0.5) is 0 Å². The maximum atomic E-state index is 11.9. The van der Waals surface area contributed by atoms with Crippen LogP contribution in [0.25, 0.3) is 0 Å². The van der Waals surface area contributed by atoms with Crippen molar-refractivity contribution >= 4 is 5.97 Å². The lowest BCUT2D eigenvalue weighted by Gasteiger charge is -2.14. The van der Waals surface area contributed by atoms with Gasteiger partial charge in [0.1, 0.15) is 6.04 Å². The molecule has 0 aliphatic carbocycles. The number of hydrogen-bond acceptors (Lipinski definition) is 4. The second-order valence-electron chi connectivity index (χ2n) is 4.23. The first-order chi connectivity index (χ1) is 8.60. The molecule has 1 aromatic heterocycles. The molecule has 0 fully saturated rings. The van der Waals surface area contributed by atoms with Gasteiger partial charge in [-0.1, -0.05) is 6.08 Å². The van der Waals surface area contributed by atoms with Gasteiger partial charge >= 0.3 is 5.97 Å². The average Bonchev–Trinajstić information content (AvgIpc) is 2.79. The number of aromatic nitrogens is 2. The predicted molar refractivity (Wildman–Crippen MR) is 70.2 cm³/mol. The minimum atomic E-state index is -0.490. The molecular weight excluding hydrogens is 230 g/mol. The Balaban J connectivity index is 2.86. The van der Waals surface area contributed by atoms with Gasteiger partial charge in [-0.2, -0.15) is 5.10 Å². The first-order valence-electron chi connectivity index (χ1n) is 6.15. The van der Waals surface area contributed by atoms with Crippen LogP contribution in [0.3, 0.4) is 0 Å². The predicted octanol–water partition coefficient (Wildman–Crippen LogP) is 1.84. The van der Waals surface area contributed by atoms with E-state index in [2.05, 4.69) is 17.0 Å². The zero-order valence-electron chi connectivity index (χ0n) is 11.2. The number of esters is 1. The smallest absolute Gasteiger partial charge is 0.327 e. The zero-order valence-corrected chi connectivity index (χ0v) is 11.2. The maximum absolute atomic E-state index is 11.9. The standard InChI is InChI=1S/C13H21N3O2/c1-5-7-14-12(13(17)18-6-2)11-8-15-16(9-11)10(3)4/h5,8-10,12,14H,1,6-7H2,2-4H3. The van der Waals surface area contributed by atoms with Crippen LogP contribution in [0.15, 0.2) is 25.0 Å². The van der Waals surface area contributed by atoms with Crippen LogP contribution in [0.1, 0.15) is 38.4 Å². The van der Waals surface area contributed by atoms with Crippen LogP contribution < -0.4 is 5.32 Å². The van der Waals surface area contributed by atoms with Gasteiger partial charge in [0.25, 0.3) is 0 Å². The first-order valence-corrected chi connectivity index (χ1v) is 6.15. The minimum Gasteiger partial charge on any atom is -0.465 e. The van der Waals surface area contributed by atoms with E-state index < -0.39 is 6.04 Å². The molecule has 0 amide bonds. The molecule has 0 aliphatic heterocycles. The van der Waals surface area contributed by atoms with E-state index in [9.17, 15) is 4.79 Å². The third kappa shape index (κ3) is 3.70. The number of hydrogen-bond donors (Lipinski definition) is 1. The van der Waals surface area contributed by atoms with E-state index >= 15 is 0 Å². The fourth-order valence-corrected chi connectivity index (χ4v) is 1.55. The second kappa shape index (κ2) is 6.96.